The minimum absolute atomic E-state index is 0.0224. The van der Waals surface area contributed by atoms with Crippen LogP contribution in [0.25, 0.3) is 21.7 Å². The third-order valence-electron chi connectivity index (χ3n) is 3.67. The Hall–Kier alpha value is -2.49. The molecule has 0 saturated carbocycles. The molecule has 4 heteroatoms. The van der Waals surface area contributed by atoms with Gasteiger partial charge in [0.2, 0.25) is 0 Å². The topological polar surface area (TPSA) is 59.7 Å². The minimum Gasteiger partial charge on any atom is -0.508 e. The van der Waals surface area contributed by atoms with Gasteiger partial charge in [0, 0.05) is 17.5 Å². The summed E-state index contributed by atoms with van der Waals surface area (Å²) >= 11 is 0. The van der Waals surface area contributed by atoms with E-state index in [4.69, 9.17) is 9.15 Å². The van der Waals surface area contributed by atoms with Crippen LogP contribution in [0.15, 0.2) is 39.5 Å². The van der Waals surface area contributed by atoms with Gasteiger partial charge in [-0.25, -0.2) is 4.79 Å². The molecule has 0 unspecified atom stereocenters. The van der Waals surface area contributed by atoms with E-state index in [0.717, 1.165) is 29.2 Å². The Morgan fingerprint density at radius 2 is 2.00 bits per heavy atom. The molecule has 0 bridgehead atoms. The van der Waals surface area contributed by atoms with Crippen molar-refractivity contribution in [2.75, 3.05) is 6.61 Å². The number of phenols is 1. The van der Waals surface area contributed by atoms with E-state index in [0.29, 0.717) is 23.3 Å². The van der Waals surface area contributed by atoms with Crippen molar-refractivity contribution in [1.29, 1.82) is 0 Å². The lowest BCUT2D eigenvalue weighted by Crippen LogP contribution is -2.02. The summed E-state index contributed by atoms with van der Waals surface area (Å²) in [6, 6.07) is 8.60. The van der Waals surface area contributed by atoms with Crippen molar-refractivity contribution in [3.8, 4) is 11.5 Å². The van der Waals surface area contributed by atoms with Gasteiger partial charge in [0.05, 0.1) is 17.4 Å². The van der Waals surface area contributed by atoms with E-state index >= 15 is 0 Å². The fourth-order valence-electron chi connectivity index (χ4n) is 2.56. The van der Waals surface area contributed by atoms with Gasteiger partial charge in [-0.15, -0.1) is 0 Å². The fraction of sp³-hybridized carbons (Fsp3) is 0.278. The highest BCUT2D eigenvalue weighted by atomic mass is 16.5. The van der Waals surface area contributed by atoms with Crippen LogP contribution in [0.2, 0.25) is 0 Å². The summed E-state index contributed by atoms with van der Waals surface area (Å²) < 4.78 is 11.2. The summed E-state index contributed by atoms with van der Waals surface area (Å²) in [7, 11) is 0. The summed E-state index contributed by atoms with van der Waals surface area (Å²) in [6.07, 6.45) is 1.94. The molecule has 1 N–H and O–H groups in total. The zero-order valence-corrected chi connectivity index (χ0v) is 12.7. The number of benzene rings is 2. The van der Waals surface area contributed by atoms with Crippen LogP contribution in [-0.2, 0) is 0 Å². The summed E-state index contributed by atoms with van der Waals surface area (Å²) in [4.78, 5) is 12.1. The average Bonchev–Trinajstić information content (AvgIpc) is 2.46. The third-order valence-corrected chi connectivity index (χ3v) is 3.67. The molecule has 0 aliphatic rings. The molecule has 3 rings (SSSR count). The van der Waals surface area contributed by atoms with Gasteiger partial charge in [-0.3, -0.25) is 0 Å². The Kier molecular flexibility index (Phi) is 3.75. The second kappa shape index (κ2) is 5.72. The number of ether oxygens (including phenoxy) is 1. The molecule has 22 heavy (non-hydrogen) atoms. The molecule has 3 aromatic rings. The van der Waals surface area contributed by atoms with Crippen LogP contribution < -0.4 is 10.4 Å². The normalized spacial score (nSPS) is 11.2. The number of aryl methyl sites for hydroxylation is 1. The zero-order valence-electron chi connectivity index (χ0n) is 12.7. The van der Waals surface area contributed by atoms with Crippen LogP contribution in [0.5, 0.6) is 11.5 Å². The molecule has 1 heterocycles. The van der Waals surface area contributed by atoms with E-state index in [1.807, 2.05) is 19.1 Å². The molecule has 0 atom stereocenters. The minimum atomic E-state index is -0.410. The predicted octanol–water partition coefficient (Wildman–Crippen LogP) is 4.14. The Bertz CT molecular complexity index is 893. The summed E-state index contributed by atoms with van der Waals surface area (Å²) in [6.45, 7) is 4.61. The Morgan fingerprint density at radius 3 is 2.77 bits per heavy atom. The Labute approximate surface area is 127 Å². The van der Waals surface area contributed by atoms with Crippen molar-refractivity contribution in [2.45, 2.75) is 26.7 Å². The van der Waals surface area contributed by atoms with Gasteiger partial charge in [-0.1, -0.05) is 31.0 Å². The van der Waals surface area contributed by atoms with Gasteiger partial charge in [-0.2, -0.15) is 0 Å². The van der Waals surface area contributed by atoms with Crippen LogP contribution in [-0.4, -0.2) is 11.7 Å². The molecule has 0 fully saturated rings. The van der Waals surface area contributed by atoms with E-state index in [9.17, 15) is 9.90 Å². The molecule has 0 radical (unpaired) electrons. The van der Waals surface area contributed by atoms with E-state index in [1.165, 1.54) is 6.07 Å². The summed E-state index contributed by atoms with van der Waals surface area (Å²) in [5.41, 5.74) is 0.981. The molecule has 0 aliphatic carbocycles. The smallest absolute Gasteiger partial charge is 0.344 e. The summed E-state index contributed by atoms with van der Waals surface area (Å²) in [5.74, 6) is 0.567. The van der Waals surface area contributed by atoms with Crippen molar-refractivity contribution >= 4 is 21.7 Å². The number of phenolic OH excluding ortho intramolecular Hbond substituents is 1. The lowest BCUT2D eigenvalue weighted by Gasteiger charge is -2.11. The highest BCUT2D eigenvalue weighted by Crippen LogP contribution is 2.35. The lowest BCUT2D eigenvalue weighted by molar-refractivity contribution is 0.311. The van der Waals surface area contributed by atoms with Gasteiger partial charge in [0.15, 0.2) is 0 Å². The molecular weight excluding hydrogens is 280 g/mol. The fourth-order valence-corrected chi connectivity index (χ4v) is 2.56. The number of fused-ring (bicyclic) bond motifs is 3. The quantitative estimate of drug-likeness (QED) is 0.447. The van der Waals surface area contributed by atoms with Crippen LogP contribution in [0.3, 0.4) is 0 Å². The molecule has 4 nitrogen and oxygen atoms in total. The number of aromatic hydroxyl groups is 1. The number of rotatable bonds is 4. The maximum Gasteiger partial charge on any atom is 0.344 e. The first-order chi connectivity index (χ1) is 10.6. The molecular formula is C18H18O4. The molecule has 2 aromatic carbocycles. The molecule has 114 valence electrons. The van der Waals surface area contributed by atoms with Crippen molar-refractivity contribution in [1.82, 2.24) is 0 Å². The van der Waals surface area contributed by atoms with Crippen molar-refractivity contribution < 1.29 is 14.3 Å². The first-order valence-electron chi connectivity index (χ1n) is 7.43. The SMILES string of the molecule is CCCCOc1cc(O)cc2oc(=O)c3ccc(C)cc3c12. The molecule has 0 aliphatic heterocycles. The van der Waals surface area contributed by atoms with E-state index in [-0.39, 0.29) is 5.75 Å². The molecule has 0 spiro atoms. The highest BCUT2D eigenvalue weighted by Gasteiger charge is 2.14. The van der Waals surface area contributed by atoms with Crippen LogP contribution in [0.1, 0.15) is 25.3 Å². The zero-order chi connectivity index (χ0) is 15.7. The monoisotopic (exact) mass is 298 g/mol. The van der Waals surface area contributed by atoms with E-state index in [1.54, 1.807) is 12.1 Å². The Balaban J connectivity index is 2.33. The largest absolute Gasteiger partial charge is 0.508 e. The second-order valence-electron chi connectivity index (χ2n) is 5.46. The number of unbranched alkanes of at least 4 members (excludes halogenated alkanes) is 1. The second-order valence-corrected chi connectivity index (χ2v) is 5.46. The maximum atomic E-state index is 12.1. The van der Waals surface area contributed by atoms with Crippen LogP contribution >= 0.6 is 0 Å². The standard InChI is InChI=1S/C18H18O4/c1-3-4-7-21-15-9-12(19)10-16-17(15)14-8-11(2)5-6-13(14)18(20)22-16/h5-6,8-10,19H,3-4,7H2,1-2H3. The molecule has 0 saturated heterocycles. The average molecular weight is 298 g/mol. The summed E-state index contributed by atoms with van der Waals surface area (Å²) in [5, 5.41) is 11.9. The first-order valence-corrected chi connectivity index (χ1v) is 7.43. The maximum absolute atomic E-state index is 12.1. The van der Waals surface area contributed by atoms with Gasteiger partial charge >= 0.3 is 5.63 Å². The van der Waals surface area contributed by atoms with Crippen molar-refractivity contribution in [3.63, 3.8) is 0 Å². The molecule has 1 aromatic heterocycles. The van der Waals surface area contributed by atoms with Gasteiger partial charge in [0.25, 0.3) is 0 Å². The van der Waals surface area contributed by atoms with Crippen LogP contribution in [0, 0.1) is 6.92 Å². The Morgan fingerprint density at radius 1 is 1.18 bits per heavy atom. The van der Waals surface area contributed by atoms with Gasteiger partial charge in [-0.05, 0) is 19.4 Å². The van der Waals surface area contributed by atoms with E-state index < -0.39 is 5.63 Å². The van der Waals surface area contributed by atoms with Crippen molar-refractivity contribution in [2.24, 2.45) is 0 Å². The lowest BCUT2D eigenvalue weighted by atomic mass is 10.0. The van der Waals surface area contributed by atoms with Gasteiger partial charge in [0.1, 0.15) is 17.1 Å². The predicted molar refractivity (Wildman–Crippen MR) is 86.8 cm³/mol. The first kappa shape index (κ1) is 14.4. The highest BCUT2D eigenvalue weighted by molar-refractivity contribution is 6.08. The van der Waals surface area contributed by atoms with E-state index in [2.05, 4.69) is 6.92 Å². The van der Waals surface area contributed by atoms with Crippen LogP contribution in [0.4, 0.5) is 0 Å². The number of hydrogen-bond acceptors (Lipinski definition) is 4. The van der Waals surface area contributed by atoms with Gasteiger partial charge < -0.3 is 14.3 Å². The third kappa shape index (κ3) is 2.52. The van der Waals surface area contributed by atoms with Crippen molar-refractivity contribution in [3.05, 3.63) is 46.3 Å². The molecule has 0 amide bonds. The number of hydrogen-bond donors (Lipinski definition) is 1.